The van der Waals surface area contributed by atoms with Crippen molar-refractivity contribution in [3.05, 3.63) is 78.0 Å². The summed E-state index contributed by atoms with van der Waals surface area (Å²) >= 11 is 0. The van der Waals surface area contributed by atoms with Gasteiger partial charge in [-0.2, -0.15) is 5.26 Å². The van der Waals surface area contributed by atoms with Gasteiger partial charge in [0.2, 0.25) is 0 Å². The predicted octanol–water partition coefficient (Wildman–Crippen LogP) is 3.78. The second-order valence-electron chi connectivity index (χ2n) is 5.45. The molecule has 0 spiro atoms. The number of hydrogen-bond donors (Lipinski definition) is 2. The van der Waals surface area contributed by atoms with E-state index in [9.17, 15) is 17.2 Å². The lowest BCUT2D eigenvalue weighted by Crippen LogP contribution is -2.13. The van der Waals surface area contributed by atoms with Crippen molar-refractivity contribution < 1.29 is 17.2 Å². The Balaban J connectivity index is 1.81. The summed E-state index contributed by atoms with van der Waals surface area (Å²) in [6, 6.07) is 13.4. The second kappa shape index (κ2) is 7.39. The second-order valence-corrected chi connectivity index (χ2v) is 7.14. The topological polar surface area (TPSA) is 94.9 Å². The highest BCUT2D eigenvalue weighted by Gasteiger charge is 2.17. The monoisotopic (exact) mass is 386 g/mol. The fraction of sp³-hybridized carbons (Fsp3) is 0. The van der Waals surface area contributed by atoms with E-state index in [4.69, 9.17) is 5.26 Å². The van der Waals surface area contributed by atoms with Crippen molar-refractivity contribution in [1.29, 1.82) is 5.26 Å². The molecule has 0 fully saturated rings. The van der Waals surface area contributed by atoms with E-state index in [0.29, 0.717) is 23.1 Å². The van der Waals surface area contributed by atoms with Crippen molar-refractivity contribution >= 4 is 27.2 Å². The zero-order valence-corrected chi connectivity index (χ0v) is 14.5. The smallest absolute Gasteiger partial charge is 0.262 e. The lowest BCUT2D eigenvalue weighted by atomic mass is 10.2. The van der Waals surface area contributed by atoms with Crippen molar-refractivity contribution in [1.82, 2.24) is 4.98 Å². The molecule has 0 amide bonds. The minimum Gasteiger partial charge on any atom is -0.340 e. The first-order valence-corrected chi connectivity index (χ1v) is 9.06. The average Bonchev–Trinajstić information content (AvgIpc) is 2.61. The maximum atomic E-state index is 13.3. The quantitative estimate of drug-likeness (QED) is 0.696. The molecule has 27 heavy (non-hydrogen) atoms. The molecule has 0 aliphatic heterocycles. The molecule has 2 aromatic carbocycles. The van der Waals surface area contributed by atoms with Crippen LogP contribution in [-0.2, 0) is 10.0 Å². The zero-order chi connectivity index (χ0) is 19.4. The number of aromatic nitrogens is 1. The van der Waals surface area contributed by atoms with Gasteiger partial charge in [0, 0.05) is 24.0 Å². The van der Waals surface area contributed by atoms with Crippen molar-refractivity contribution in [3.63, 3.8) is 0 Å². The molecule has 0 saturated carbocycles. The first-order chi connectivity index (χ1) is 12.9. The molecule has 0 radical (unpaired) electrons. The number of benzene rings is 2. The summed E-state index contributed by atoms with van der Waals surface area (Å²) in [5.41, 5.74) is 1.30. The van der Waals surface area contributed by atoms with Gasteiger partial charge in [0.25, 0.3) is 10.0 Å². The van der Waals surface area contributed by atoms with Crippen LogP contribution in [-0.4, -0.2) is 13.4 Å². The summed E-state index contributed by atoms with van der Waals surface area (Å²) in [7, 11) is -4.18. The van der Waals surface area contributed by atoms with Gasteiger partial charge < -0.3 is 5.32 Å². The van der Waals surface area contributed by atoms with Gasteiger partial charge in [-0.05, 0) is 42.5 Å². The maximum Gasteiger partial charge on any atom is 0.262 e. The van der Waals surface area contributed by atoms with Crippen molar-refractivity contribution in [3.8, 4) is 6.07 Å². The standard InChI is InChI=1S/C18H12F2N4O2S/c19-13-7-14(20)9-17(8-13)27(25,26)24-16-5-6-22-18(10-16)23-15-3-1-12(11-21)2-4-15/h1-10H,(H2,22,23,24). The highest BCUT2D eigenvalue weighted by Crippen LogP contribution is 2.21. The number of halogens is 2. The third-order valence-electron chi connectivity index (χ3n) is 3.44. The summed E-state index contributed by atoms with van der Waals surface area (Å²) in [5, 5.41) is 11.8. The lowest BCUT2D eigenvalue weighted by Gasteiger charge is -2.10. The Hall–Kier alpha value is -3.51. The number of anilines is 3. The summed E-state index contributed by atoms with van der Waals surface area (Å²) in [6.45, 7) is 0. The van der Waals surface area contributed by atoms with Gasteiger partial charge in [0.05, 0.1) is 22.2 Å². The van der Waals surface area contributed by atoms with Crippen LogP contribution in [0.3, 0.4) is 0 Å². The minimum absolute atomic E-state index is 0.158. The highest BCUT2D eigenvalue weighted by molar-refractivity contribution is 7.92. The maximum absolute atomic E-state index is 13.3. The van der Waals surface area contributed by atoms with Gasteiger partial charge in [-0.25, -0.2) is 22.2 Å². The van der Waals surface area contributed by atoms with Gasteiger partial charge in [0.1, 0.15) is 17.5 Å². The fourth-order valence-electron chi connectivity index (χ4n) is 2.24. The molecule has 3 aromatic rings. The molecule has 136 valence electrons. The van der Waals surface area contributed by atoms with Crippen LogP contribution in [0.4, 0.5) is 26.0 Å². The Morgan fingerprint density at radius 3 is 2.22 bits per heavy atom. The Morgan fingerprint density at radius 2 is 1.59 bits per heavy atom. The van der Waals surface area contributed by atoms with Crippen LogP contribution < -0.4 is 10.0 Å². The molecular weight excluding hydrogens is 374 g/mol. The Morgan fingerprint density at radius 1 is 0.926 bits per heavy atom. The number of pyridine rings is 1. The lowest BCUT2D eigenvalue weighted by molar-refractivity contribution is 0.568. The van der Waals surface area contributed by atoms with Crippen molar-refractivity contribution in [2.45, 2.75) is 4.90 Å². The van der Waals surface area contributed by atoms with Crippen LogP contribution in [0.5, 0.6) is 0 Å². The molecule has 0 atom stereocenters. The summed E-state index contributed by atoms with van der Waals surface area (Å²) in [4.78, 5) is 3.55. The summed E-state index contributed by atoms with van der Waals surface area (Å²) in [6.07, 6.45) is 1.37. The molecule has 9 heteroatoms. The van der Waals surface area contributed by atoms with Crippen LogP contribution in [0, 0.1) is 23.0 Å². The normalized spacial score (nSPS) is 10.9. The molecule has 1 heterocycles. The van der Waals surface area contributed by atoms with Gasteiger partial charge >= 0.3 is 0 Å². The van der Waals surface area contributed by atoms with Crippen LogP contribution in [0.15, 0.2) is 65.7 Å². The Labute approximate surface area is 154 Å². The first-order valence-electron chi connectivity index (χ1n) is 7.58. The first kappa shape index (κ1) is 18.3. The predicted molar refractivity (Wildman–Crippen MR) is 95.8 cm³/mol. The van der Waals surface area contributed by atoms with Crippen molar-refractivity contribution in [2.75, 3.05) is 10.0 Å². The van der Waals surface area contributed by atoms with Gasteiger partial charge in [0.15, 0.2) is 0 Å². The Bertz CT molecular complexity index is 1110. The summed E-state index contributed by atoms with van der Waals surface area (Å²) < 4.78 is 53.5. The molecule has 2 N–H and O–H groups in total. The van der Waals surface area contributed by atoms with Crippen LogP contribution >= 0.6 is 0 Å². The molecular formula is C18H12F2N4O2S. The molecule has 0 aliphatic carbocycles. The van der Waals surface area contributed by atoms with Gasteiger partial charge in [-0.15, -0.1) is 0 Å². The number of sulfonamides is 1. The molecule has 0 saturated heterocycles. The SMILES string of the molecule is N#Cc1ccc(Nc2cc(NS(=O)(=O)c3cc(F)cc(F)c3)ccn2)cc1. The van der Waals surface area contributed by atoms with Crippen LogP contribution in [0.25, 0.3) is 0 Å². The third kappa shape index (κ3) is 4.56. The van der Waals surface area contributed by atoms with E-state index in [1.165, 1.54) is 18.3 Å². The largest absolute Gasteiger partial charge is 0.340 e. The number of rotatable bonds is 5. The molecule has 0 aliphatic rings. The molecule has 3 rings (SSSR count). The molecule has 0 unspecified atom stereocenters. The van der Waals surface area contributed by atoms with E-state index >= 15 is 0 Å². The Kier molecular flexibility index (Phi) is 5.00. The van der Waals surface area contributed by atoms with E-state index in [-0.39, 0.29) is 5.69 Å². The van der Waals surface area contributed by atoms with E-state index in [0.717, 1.165) is 12.1 Å². The number of nitriles is 1. The minimum atomic E-state index is -4.18. The molecule has 6 nitrogen and oxygen atoms in total. The van der Waals surface area contributed by atoms with Gasteiger partial charge in [-0.3, -0.25) is 4.72 Å². The highest BCUT2D eigenvalue weighted by atomic mass is 32.2. The summed E-state index contributed by atoms with van der Waals surface area (Å²) in [5.74, 6) is -1.65. The number of nitrogens with one attached hydrogen (secondary N) is 2. The molecule has 0 bridgehead atoms. The number of hydrogen-bond acceptors (Lipinski definition) is 5. The van der Waals surface area contributed by atoms with E-state index in [1.807, 2.05) is 6.07 Å². The van der Waals surface area contributed by atoms with Crippen LogP contribution in [0.2, 0.25) is 0 Å². The third-order valence-corrected chi connectivity index (χ3v) is 4.81. The van der Waals surface area contributed by atoms with Crippen molar-refractivity contribution in [2.24, 2.45) is 0 Å². The van der Waals surface area contributed by atoms with Crippen LogP contribution in [0.1, 0.15) is 5.56 Å². The molecule has 1 aromatic heterocycles. The fourth-order valence-corrected chi connectivity index (χ4v) is 3.33. The van der Waals surface area contributed by atoms with E-state index < -0.39 is 26.6 Å². The average molecular weight is 386 g/mol. The van der Waals surface area contributed by atoms with E-state index in [1.54, 1.807) is 24.3 Å². The van der Waals surface area contributed by atoms with Gasteiger partial charge in [-0.1, -0.05) is 0 Å². The zero-order valence-electron chi connectivity index (χ0n) is 13.6. The van der Waals surface area contributed by atoms with E-state index in [2.05, 4.69) is 15.0 Å². The number of nitrogens with zero attached hydrogens (tertiary/aromatic N) is 2.